The number of nitrogens with two attached hydrogens (primary N) is 1. The molecule has 3 heterocycles. The van der Waals surface area contributed by atoms with Crippen molar-refractivity contribution in [2.24, 2.45) is 5.73 Å². The maximum atomic E-state index is 14.0. The van der Waals surface area contributed by atoms with Gasteiger partial charge in [-0.25, -0.2) is 23.1 Å². The van der Waals surface area contributed by atoms with Crippen LogP contribution < -0.4 is 11.1 Å². The highest BCUT2D eigenvalue weighted by Crippen LogP contribution is 2.39. The van der Waals surface area contributed by atoms with Crippen molar-refractivity contribution in [2.45, 2.75) is 25.9 Å². The van der Waals surface area contributed by atoms with Crippen LogP contribution in [0.1, 0.15) is 25.2 Å². The predicted octanol–water partition coefficient (Wildman–Crippen LogP) is 3.01. The molecule has 3 N–H and O–H groups in total. The molecule has 1 amide bonds. The van der Waals surface area contributed by atoms with E-state index in [0.717, 1.165) is 12.1 Å². The van der Waals surface area contributed by atoms with Gasteiger partial charge in [-0.05, 0) is 38.1 Å². The number of hydrogen-bond acceptors (Lipinski definition) is 6. The first-order chi connectivity index (χ1) is 15.7. The van der Waals surface area contributed by atoms with Gasteiger partial charge in [0.05, 0.1) is 23.7 Å². The molecule has 33 heavy (non-hydrogen) atoms. The summed E-state index contributed by atoms with van der Waals surface area (Å²) in [4.78, 5) is 22.8. The number of carbonyl (C=O) groups excluding carboxylic acids is 1. The Hall–Kier alpha value is -3.91. The number of hydrogen-bond donors (Lipinski definition) is 2. The van der Waals surface area contributed by atoms with E-state index in [1.54, 1.807) is 23.3 Å². The molecule has 0 fully saturated rings. The molecule has 0 saturated heterocycles. The Labute approximate surface area is 187 Å². The Balaban J connectivity index is 1.92. The van der Waals surface area contributed by atoms with Crippen LogP contribution in [0.25, 0.3) is 11.3 Å². The van der Waals surface area contributed by atoms with Crippen LogP contribution >= 0.6 is 0 Å². The van der Waals surface area contributed by atoms with Crippen LogP contribution in [0.4, 0.5) is 24.8 Å². The van der Waals surface area contributed by atoms with E-state index in [0.29, 0.717) is 36.1 Å². The first-order valence-corrected chi connectivity index (χ1v) is 10.1. The Bertz CT molecular complexity index is 1270. The van der Waals surface area contributed by atoms with Crippen molar-refractivity contribution >= 4 is 17.5 Å². The van der Waals surface area contributed by atoms with E-state index in [9.17, 15) is 23.2 Å². The third-order valence-corrected chi connectivity index (χ3v) is 5.61. The number of nitrogens with one attached hydrogen (secondary N) is 1. The number of halogens is 3. The van der Waals surface area contributed by atoms with Gasteiger partial charge in [0.15, 0.2) is 17.5 Å². The van der Waals surface area contributed by atoms with Gasteiger partial charge in [0.1, 0.15) is 23.2 Å². The fourth-order valence-electron chi connectivity index (χ4n) is 3.99. The predicted molar refractivity (Wildman–Crippen MR) is 114 cm³/mol. The smallest absolute Gasteiger partial charge is 0.237 e. The second kappa shape index (κ2) is 8.22. The van der Waals surface area contributed by atoms with E-state index in [1.165, 1.54) is 18.3 Å². The molecule has 0 spiro atoms. The molecule has 4 rings (SSSR count). The normalized spacial score (nSPS) is 14.5. The van der Waals surface area contributed by atoms with Crippen LogP contribution in [0, 0.1) is 28.8 Å². The molecule has 3 aromatic rings. The van der Waals surface area contributed by atoms with Crippen LogP contribution in [-0.2, 0) is 16.9 Å². The van der Waals surface area contributed by atoms with Gasteiger partial charge in [-0.3, -0.25) is 4.79 Å². The topological polar surface area (TPSA) is 113 Å². The number of rotatable bonds is 4. The average Bonchev–Trinajstić information content (AvgIpc) is 3.16. The van der Waals surface area contributed by atoms with E-state index in [4.69, 9.17) is 5.73 Å². The molecule has 0 radical (unpaired) electrons. The number of benzene rings is 1. The summed E-state index contributed by atoms with van der Waals surface area (Å²) in [6.07, 6.45) is 1.44. The molecular weight excluding hydrogens is 435 g/mol. The van der Waals surface area contributed by atoms with Crippen LogP contribution in [0.3, 0.4) is 0 Å². The molecule has 0 aliphatic carbocycles. The van der Waals surface area contributed by atoms with Gasteiger partial charge < -0.3 is 20.5 Å². The Morgan fingerprint density at radius 1 is 1.24 bits per heavy atom. The number of pyridine rings is 1. The van der Waals surface area contributed by atoms with Gasteiger partial charge >= 0.3 is 0 Å². The van der Waals surface area contributed by atoms with Crippen molar-refractivity contribution in [3.63, 3.8) is 0 Å². The fraction of sp³-hybridized carbons (Fsp3) is 0.273. The number of aromatic nitrogens is 3. The second-order valence-electron chi connectivity index (χ2n) is 8.01. The summed E-state index contributed by atoms with van der Waals surface area (Å²) in [7, 11) is 0. The zero-order valence-electron chi connectivity index (χ0n) is 17.9. The molecule has 1 aromatic carbocycles. The lowest BCUT2D eigenvalue weighted by Gasteiger charge is -2.42. The zero-order chi connectivity index (χ0) is 23.9. The van der Waals surface area contributed by atoms with Crippen molar-refractivity contribution in [2.75, 3.05) is 18.4 Å². The lowest BCUT2D eigenvalue weighted by Crippen LogP contribution is -2.53. The van der Waals surface area contributed by atoms with Crippen molar-refractivity contribution in [3.8, 4) is 17.3 Å². The molecule has 0 unspecified atom stereocenters. The number of fused-ring (bicyclic) bond motifs is 1. The van der Waals surface area contributed by atoms with E-state index in [1.807, 2.05) is 6.07 Å². The number of nitrogens with zero attached hydrogens (tertiary/aromatic N) is 5. The Morgan fingerprint density at radius 3 is 2.58 bits per heavy atom. The number of nitriles is 1. The van der Waals surface area contributed by atoms with E-state index in [-0.39, 0.29) is 23.7 Å². The minimum Gasteiger partial charge on any atom is -0.327 e. The summed E-state index contributed by atoms with van der Waals surface area (Å²) < 4.78 is 43.5. The molecule has 2 aromatic heterocycles. The van der Waals surface area contributed by atoms with Crippen LogP contribution in [-0.4, -0.2) is 38.4 Å². The summed E-state index contributed by atoms with van der Waals surface area (Å²) in [6, 6.07) is 6.76. The Morgan fingerprint density at radius 2 is 1.94 bits per heavy atom. The maximum Gasteiger partial charge on any atom is 0.237 e. The van der Waals surface area contributed by atoms with Crippen LogP contribution in [0.5, 0.6) is 0 Å². The van der Waals surface area contributed by atoms with E-state index < -0.39 is 23.0 Å². The molecule has 8 nitrogen and oxygen atoms in total. The Kier molecular flexibility index (Phi) is 5.55. The molecule has 0 atom stereocenters. The lowest BCUT2D eigenvalue weighted by atomic mass is 9.99. The number of anilines is 2. The van der Waals surface area contributed by atoms with E-state index >= 15 is 0 Å². The largest absolute Gasteiger partial charge is 0.327 e. The summed E-state index contributed by atoms with van der Waals surface area (Å²) in [5, 5.41) is 12.3. The number of imidazole rings is 1. The van der Waals surface area contributed by atoms with Crippen LogP contribution in [0.15, 0.2) is 30.5 Å². The molecule has 1 aliphatic rings. The van der Waals surface area contributed by atoms with Crippen molar-refractivity contribution < 1.29 is 18.0 Å². The monoisotopic (exact) mass is 455 g/mol. The third kappa shape index (κ3) is 3.78. The molecule has 1 aliphatic heterocycles. The van der Waals surface area contributed by atoms with Crippen molar-refractivity contribution in [1.82, 2.24) is 19.4 Å². The minimum absolute atomic E-state index is 0.000242. The van der Waals surface area contributed by atoms with Crippen molar-refractivity contribution in [1.29, 1.82) is 5.26 Å². The highest BCUT2D eigenvalue weighted by atomic mass is 19.2. The molecule has 0 bridgehead atoms. The summed E-state index contributed by atoms with van der Waals surface area (Å²) in [5.74, 6) is -3.48. The van der Waals surface area contributed by atoms with Gasteiger partial charge in [-0.2, -0.15) is 5.26 Å². The summed E-state index contributed by atoms with van der Waals surface area (Å²) >= 11 is 0. The third-order valence-electron chi connectivity index (χ3n) is 5.61. The van der Waals surface area contributed by atoms with Gasteiger partial charge in [0, 0.05) is 24.8 Å². The lowest BCUT2D eigenvalue weighted by molar-refractivity contribution is -0.137. The summed E-state index contributed by atoms with van der Waals surface area (Å²) in [6.45, 7) is 4.02. The maximum absolute atomic E-state index is 14.0. The first-order valence-electron chi connectivity index (χ1n) is 10.1. The molecular formula is C22H20F3N7O. The minimum atomic E-state index is -1.58. The molecule has 0 saturated carbocycles. The highest BCUT2D eigenvalue weighted by molar-refractivity contribution is 5.80. The zero-order valence-corrected chi connectivity index (χ0v) is 17.9. The standard InChI is InChI=1S/C22H20F3N7O/c1-22(2)21-30-19(13-8-14(23)18(25)15(24)9-13)20(29-16-7-12(10-26)3-4-28-16)31(21)5-6-32(22)17(33)11-27/h3-4,7-9H,5-6,11,27H2,1-2H3,(H,28,29). The average molecular weight is 455 g/mol. The fourth-order valence-corrected chi connectivity index (χ4v) is 3.99. The second-order valence-corrected chi connectivity index (χ2v) is 8.01. The quantitative estimate of drug-likeness (QED) is 0.585. The van der Waals surface area contributed by atoms with Crippen LogP contribution in [0.2, 0.25) is 0 Å². The number of amides is 1. The SMILES string of the molecule is CC1(C)c2nc(-c3cc(F)c(F)c(F)c3)c(Nc3cc(C#N)ccn3)n2CCN1C(=O)CN. The summed E-state index contributed by atoms with van der Waals surface area (Å²) in [5.41, 5.74) is 5.16. The van der Waals surface area contributed by atoms with Gasteiger partial charge in [0.25, 0.3) is 0 Å². The molecule has 170 valence electrons. The highest BCUT2D eigenvalue weighted by Gasteiger charge is 2.41. The van der Waals surface area contributed by atoms with E-state index in [2.05, 4.69) is 15.3 Å². The molecule has 11 heteroatoms. The van der Waals surface area contributed by atoms with Gasteiger partial charge in [-0.15, -0.1) is 0 Å². The van der Waals surface area contributed by atoms with Crippen molar-refractivity contribution in [3.05, 3.63) is 59.3 Å². The van der Waals surface area contributed by atoms with Gasteiger partial charge in [0.2, 0.25) is 5.91 Å². The number of carbonyl (C=O) groups is 1. The van der Waals surface area contributed by atoms with Gasteiger partial charge in [-0.1, -0.05) is 0 Å². The first kappa shape index (κ1) is 22.3.